The van der Waals surface area contributed by atoms with Gasteiger partial charge in [0.05, 0.1) is 11.3 Å². The second kappa shape index (κ2) is 9.65. The van der Waals surface area contributed by atoms with Gasteiger partial charge in [0.1, 0.15) is 0 Å². The van der Waals surface area contributed by atoms with Gasteiger partial charge in [-0.1, -0.05) is 43.3 Å². The van der Waals surface area contributed by atoms with Crippen molar-refractivity contribution in [3.63, 3.8) is 0 Å². The molecule has 170 valence electrons. The molecule has 0 aromatic heterocycles. The van der Waals surface area contributed by atoms with Gasteiger partial charge in [0, 0.05) is 24.8 Å². The number of Topliss-reactive ketones (excluding diaryl/α,β-unsaturated/α-hetero) is 1. The largest absolute Gasteiger partial charge is 0.355 e. The Hall–Kier alpha value is -2.34. The van der Waals surface area contributed by atoms with Gasteiger partial charge >= 0.3 is 0 Å². The number of fused-ring (bicyclic) bond motifs is 3. The Bertz CT molecular complexity index is 1030. The van der Waals surface area contributed by atoms with E-state index < -0.39 is 6.04 Å². The van der Waals surface area contributed by atoms with Gasteiger partial charge in [0.15, 0.2) is 5.78 Å². The summed E-state index contributed by atoms with van der Waals surface area (Å²) in [6.07, 6.45) is 3.95. The smallest absolute Gasteiger partial charge is 0.232 e. The first-order chi connectivity index (χ1) is 15.3. The van der Waals surface area contributed by atoms with Gasteiger partial charge in [-0.25, -0.2) is 0 Å². The zero-order valence-corrected chi connectivity index (χ0v) is 19.7. The Labute approximate surface area is 195 Å². The van der Waals surface area contributed by atoms with Crippen molar-refractivity contribution in [3.05, 3.63) is 47.5 Å². The van der Waals surface area contributed by atoms with Crippen LogP contribution in [0.25, 0.3) is 10.8 Å². The number of ketones is 1. The number of rotatable bonds is 5. The first-order valence-corrected chi connectivity index (χ1v) is 12.2. The summed E-state index contributed by atoms with van der Waals surface area (Å²) in [7, 11) is 0. The van der Waals surface area contributed by atoms with E-state index in [1.165, 1.54) is 0 Å². The topological polar surface area (TPSA) is 75.3 Å². The molecule has 0 spiro atoms. The minimum Gasteiger partial charge on any atom is -0.355 e. The maximum Gasteiger partial charge on any atom is 0.232 e. The molecule has 0 radical (unpaired) electrons. The van der Waals surface area contributed by atoms with Crippen molar-refractivity contribution < 1.29 is 14.4 Å². The highest BCUT2D eigenvalue weighted by Gasteiger charge is 2.36. The molecule has 0 bridgehead atoms. The molecule has 0 heterocycles. The lowest BCUT2D eigenvalue weighted by molar-refractivity contribution is -0.131. The van der Waals surface area contributed by atoms with Crippen LogP contribution in [0.15, 0.2) is 36.4 Å². The van der Waals surface area contributed by atoms with Crippen molar-refractivity contribution in [3.8, 4) is 0 Å². The van der Waals surface area contributed by atoms with Crippen LogP contribution in [0.4, 0.5) is 0 Å². The molecule has 2 aliphatic carbocycles. The fourth-order valence-corrected chi connectivity index (χ4v) is 5.32. The third-order valence-electron chi connectivity index (χ3n) is 7.17. The Morgan fingerprint density at radius 3 is 2.53 bits per heavy atom. The number of thiol groups is 1. The van der Waals surface area contributed by atoms with Crippen LogP contribution in [-0.4, -0.2) is 35.4 Å². The molecule has 3 atom stereocenters. The van der Waals surface area contributed by atoms with E-state index in [2.05, 4.69) is 47.5 Å². The number of amides is 2. The van der Waals surface area contributed by atoms with E-state index in [1.54, 1.807) is 6.92 Å². The predicted octanol–water partition coefficient (Wildman–Crippen LogP) is 3.79. The van der Waals surface area contributed by atoms with Crippen LogP contribution >= 0.6 is 12.6 Å². The average Bonchev–Trinajstić information content (AvgIpc) is 2.80. The zero-order chi connectivity index (χ0) is 22.8. The first-order valence-electron chi connectivity index (χ1n) is 11.7. The van der Waals surface area contributed by atoms with Crippen molar-refractivity contribution in [2.75, 3.05) is 6.54 Å². The summed E-state index contributed by atoms with van der Waals surface area (Å²) in [6, 6.07) is 11.9. The molecular weight excluding hydrogens is 420 g/mol. The van der Waals surface area contributed by atoms with Crippen LogP contribution in [0.3, 0.4) is 0 Å². The minimum atomic E-state index is -0.458. The van der Waals surface area contributed by atoms with Crippen molar-refractivity contribution in [1.29, 1.82) is 0 Å². The normalized spacial score (nSPS) is 26.3. The van der Waals surface area contributed by atoms with E-state index in [4.69, 9.17) is 0 Å². The molecule has 2 N–H and O–H groups in total. The first kappa shape index (κ1) is 22.8. The summed E-state index contributed by atoms with van der Waals surface area (Å²) in [5, 5.41) is 7.97. The summed E-state index contributed by atoms with van der Waals surface area (Å²) in [5.74, 6) is 0.138. The Morgan fingerprint density at radius 1 is 1.09 bits per heavy atom. The Morgan fingerprint density at radius 2 is 1.81 bits per heavy atom. The fraction of sp³-hybridized carbons (Fsp3) is 0.500. The van der Waals surface area contributed by atoms with E-state index in [0.717, 1.165) is 47.6 Å². The molecule has 2 aromatic rings. The summed E-state index contributed by atoms with van der Waals surface area (Å²) in [4.78, 5) is 37.8. The van der Waals surface area contributed by atoms with Crippen LogP contribution in [0.1, 0.15) is 56.6 Å². The molecule has 2 amide bonds. The van der Waals surface area contributed by atoms with E-state index in [-0.39, 0.29) is 34.7 Å². The van der Waals surface area contributed by atoms with Crippen LogP contribution < -0.4 is 10.6 Å². The van der Waals surface area contributed by atoms with Gasteiger partial charge in [-0.3, -0.25) is 14.4 Å². The highest BCUT2D eigenvalue weighted by atomic mass is 32.1. The molecule has 4 rings (SSSR count). The van der Waals surface area contributed by atoms with Crippen LogP contribution in [0.5, 0.6) is 0 Å². The van der Waals surface area contributed by atoms with Crippen LogP contribution in [0, 0.1) is 11.8 Å². The Kier molecular flexibility index (Phi) is 6.89. The van der Waals surface area contributed by atoms with Crippen LogP contribution in [-0.2, 0) is 20.8 Å². The van der Waals surface area contributed by atoms with Gasteiger partial charge < -0.3 is 10.6 Å². The number of hydrogen-bond acceptors (Lipinski definition) is 4. The molecular formula is C26H32N2O3S. The number of nitrogens with one attached hydrogen (secondary N) is 2. The maximum absolute atomic E-state index is 13.1. The molecule has 2 aliphatic rings. The lowest BCUT2D eigenvalue weighted by atomic mass is 9.77. The summed E-state index contributed by atoms with van der Waals surface area (Å²) in [6.45, 7) is 4.35. The highest BCUT2D eigenvalue weighted by Crippen LogP contribution is 2.35. The SMILES string of the molecule is CC(S)C(=O)NCC1CCC(C(=O)NC2Cc3ccc4ccccc4c3C(C)C2=O)CC1. The average molecular weight is 453 g/mol. The molecule has 1 fully saturated rings. The molecule has 5 nitrogen and oxygen atoms in total. The van der Waals surface area contributed by atoms with E-state index in [0.29, 0.717) is 18.9 Å². The summed E-state index contributed by atoms with van der Waals surface area (Å²) >= 11 is 4.15. The molecule has 3 unspecified atom stereocenters. The van der Waals surface area contributed by atoms with Gasteiger partial charge in [-0.05, 0) is 60.4 Å². The van der Waals surface area contributed by atoms with Crippen LogP contribution in [0.2, 0.25) is 0 Å². The molecule has 2 aromatic carbocycles. The highest BCUT2D eigenvalue weighted by molar-refractivity contribution is 7.81. The lowest BCUT2D eigenvalue weighted by Gasteiger charge is -2.33. The zero-order valence-electron chi connectivity index (χ0n) is 18.8. The number of carbonyl (C=O) groups excluding carboxylic acids is 3. The van der Waals surface area contributed by atoms with Crippen molar-refractivity contribution in [1.82, 2.24) is 10.6 Å². The standard InChI is InChI=1S/C26H32N2O3S/c1-15-23-20(12-11-18-5-3-4-6-21(18)23)13-22(24(15)29)28-26(31)19-9-7-17(8-10-19)14-27-25(30)16(2)32/h3-6,11-12,15-17,19,22,32H,7-10,13-14H2,1-2H3,(H,27,30)(H,28,31). The van der Waals surface area contributed by atoms with E-state index >= 15 is 0 Å². The van der Waals surface area contributed by atoms with Crippen molar-refractivity contribution in [2.24, 2.45) is 11.8 Å². The van der Waals surface area contributed by atoms with Crippen molar-refractivity contribution >= 4 is 41.0 Å². The Balaban J connectivity index is 1.36. The number of hydrogen-bond donors (Lipinski definition) is 3. The second-order valence-electron chi connectivity index (χ2n) is 9.39. The summed E-state index contributed by atoms with van der Waals surface area (Å²) in [5.41, 5.74) is 2.26. The van der Waals surface area contributed by atoms with E-state index in [9.17, 15) is 14.4 Å². The third kappa shape index (κ3) is 4.70. The molecule has 0 saturated heterocycles. The van der Waals surface area contributed by atoms with Gasteiger partial charge in [-0.2, -0.15) is 12.6 Å². The molecule has 0 aliphatic heterocycles. The van der Waals surface area contributed by atoms with Gasteiger partial charge in [0.2, 0.25) is 11.8 Å². The summed E-state index contributed by atoms with van der Waals surface area (Å²) < 4.78 is 0. The van der Waals surface area contributed by atoms with Crippen molar-refractivity contribution in [2.45, 2.75) is 63.2 Å². The molecule has 1 saturated carbocycles. The quantitative estimate of drug-likeness (QED) is 0.604. The van der Waals surface area contributed by atoms with Gasteiger partial charge in [0.25, 0.3) is 0 Å². The maximum atomic E-state index is 13.1. The number of benzene rings is 2. The third-order valence-corrected chi connectivity index (χ3v) is 7.40. The molecule has 32 heavy (non-hydrogen) atoms. The predicted molar refractivity (Wildman–Crippen MR) is 130 cm³/mol. The second-order valence-corrected chi connectivity index (χ2v) is 10.2. The lowest BCUT2D eigenvalue weighted by Crippen LogP contribution is -2.49. The number of carbonyl (C=O) groups is 3. The molecule has 6 heteroatoms. The van der Waals surface area contributed by atoms with E-state index in [1.807, 2.05) is 19.1 Å². The fourth-order valence-electron chi connectivity index (χ4n) is 5.23. The minimum absolute atomic E-state index is 0.00810. The van der Waals surface area contributed by atoms with Gasteiger partial charge in [-0.15, -0.1) is 0 Å². The monoisotopic (exact) mass is 452 g/mol.